The molecule has 1 aliphatic rings. The van der Waals surface area contributed by atoms with Gasteiger partial charge in [0.1, 0.15) is 5.75 Å². The highest BCUT2D eigenvalue weighted by atomic mass is 16.5. The zero-order valence-corrected chi connectivity index (χ0v) is 12.5. The molecule has 4 rings (SSSR count). The highest BCUT2D eigenvalue weighted by Gasteiger charge is 2.24. The number of anilines is 2. The Morgan fingerprint density at radius 2 is 2.04 bits per heavy atom. The van der Waals surface area contributed by atoms with Gasteiger partial charge in [-0.25, -0.2) is 0 Å². The third kappa shape index (κ3) is 2.14. The minimum absolute atomic E-state index is 0.122. The number of amides is 1. The lowest BCUT2D eigenvalue weighted by Gasteiger charge is -2.01. The number of carbonyl (C=O) groups is 1. The van der Waals surface area contributed by atoms with Crippen LogP contribution in [0.2, 0.25) is 0 Å². The topological polar surface area (TPSA) is 80.1 Å². The first-order valence-electron chi connectivity index (χ1n) is 7.24. The SMILES string of the molecule is COc1ccc2[nH]cc(/C=C3/C(=O)Nc4ccc(N)cc43)c2c1. The van der Waals surface area contributed by atoms with Gasteiger partial charge in [0, 0.05) is 45.2 Å². The molecule has 5 heteroatoms. The van der Waals surface area contributed by atoms with Gasteiger partial charge < -0.3 is 20.8 Å². The standard InChI is InChI=1S/C18H15N3O2/c1-23-12-3-5-16-13(8-12)10(9-20-16)6-15-14-7-11(19)2-4-17(14)21-18(15)22/h2-9,20H,19H2,1H3,(H,21,22)/b15-6+. The number of hydrogen-bond donors (Lipinski definition) is 3. The first-order valence-corrected chi connectivity index (χ1v) is 7.24. The smallest absolute Gasteiger partial charge is 0.256 e. The lowest BCUT2D eigenvalue weighted by Crippen LogP contribution is -2.03. The van der Waals surface area contributed by atoms with E-state index in [4.69, 9.17) is 10.5 Å². The number of fused-ring (bicyclic) bond motifs is 2. The van der Waals surface area contributed by atoms with Crippen LogP contribution in [0.5, 0.6) is 5.75 Å². The van der Waals surface area contributed by atoms with E-state index in [0.717, 1.165) is 33.5 Å². The minimum Gasteiger partial charge on any atom is -0.497 e. The van der Waals surface area contributed by atoms with E-state index in [9.17, 15) is 4.79 Å². The molecule has 2 aromatic carbocycles. The van der Waals surface area contributed by atoms with Crippen molar-refractivity contribution in [3.05, 3.63) is 53.7 Å². The molecule has 23 heavy (non-hydrogen) atoms. The predicted octanol–water partition coefficient (Wildman–Crippen LogP) is 3.25. The molecule has 114 valence electrons. The number of carbonyl (C=O) groups excluding carboxylic acids is 1. The first-order chi connectivity index (χ1) is 11.2. The maximum atomic E-state index is 12.3. The molecule has 1 aromatic heterocycles. The fourth-order valence-corrected chi connectivity index (χ4v) is 2.87. The van der Waals surface area contributed by atoms with E-state index in [2.05, 4.69) is 10.3 Å². The zero-order chi connectivity index (χ0) is 16.0. The molecular weight excluding hydrogens is 290 g/mol. The van der Waals surface area contributed by atoms with Crippen LogP contribution in [0.4, 0.5) is 11.4 Å². The van der Waals surface area contributed by atoms with Crippen molar-refractivity contribution in [2.75, 3.05) is 18.2 Å². The van der Waals surface area contributed by atoms with Gasteiger partial charge in [0.25, 0.3) is 5.91 Å². The summed E-state index contributed by atoms with van der Waals surface area (Å²) in [5.41, 5.74) is 10.6. The normalized spacial score (nSPS) is 15.0. The van der Waals surface area contributed by atoms with Crippen LogP contribution >= 0.6 is 0 Å². The minimum atomic E-state index is -0.122. The maximum Gasteiger partial charge on any atom is 0.256 e. The van der Waals surface area contributed by atoms with Crippen molar-refractivity contribution in [1.82, 2.24) is 4.98 Å². The number of aromatic nitrogens is 1. The van der Waals surface area contributed by atoms with Crippen LogP contribution in [0.15, 0.2) is 42.6 Å². The Kier molecular flexibility index (Phi) is 2.87. The van der Waals surface area contributed by atoms with Crippen LogP contribution in [0.3, 0.4) is 0 Å². The average Bonchev–Trinajstić information content (AvgIpc) is 3.09. The number of nitrogens with two attached hydrogens (primary N) is 1. The lowest BCUT2D eigenvalue weighted by atomic mass is 10.0. The van der Waals surface area contributed by atoms with Gasteiger partial charge in [-0.1, -0.05) is 0 Å². The van der Waals surface area contributed by atoms with Crippen LogP contribution < -0.4 is 15.8 Å². The zero-order valence-electron chi connectivity index (χ0n) is 12.5. The number of nitrogen functional groups attached to an aromatic ring is 1. The predicted molar refractivity (Wildman–Crippen MR) is 92.2 cm³/mol. The number of ether oxygens (including phenoxy) is 1. The number of methoxy groups -OCH3 is 1. The number of benzene rings is 2. The van der Waals surface area contributed by atoms with Crippen molar-refractivity contribution in [2.45, 2.75) is 0 Å². The van der Waals surface area contributed by atoms with Gasteiger partial charge in [-0.2, -0.15) is 0 Å². The number of rotatable bonds is 2. The summed E-state index contributed by atoms with van der Waals surface area (Å²) in [5, 5.41) is 3.86. The summed E-state index contributed by atoms with van der Waals surface area (Å²) in [7, 11) is 1.63. The molecule has 1 amide bonds. The molecule has 1 aliphatic heterocycles. The average molecular weight is 305 g/mol. The lowest BCUT2D eigenvalue weighted by molar-refractivity contribution is -0.110. The Bertz CT molecular complexity index is 970. The molecule has 2 heterocycles. The van der Waals surface area contributed by atoms with Crippen molar-refractivity contribution in [1.29, 1.82) is 0 Å². The van der Waals surface area contributed by atoms with Gasteiger partial charge in [-0.05, 0) is 42.5 Å². The second-order valence-corrected chi connectivity index (χ2v) is 5.47. The van der Waals surface area contributed by atoms with Gasteiger partial charge in [-0.3, -0.25) is 4.79 Å². The van der Waals surface area contributed by atoms with Crippen molar-refractivity contribution >= 4 is 39.8 Å². The molecule has 0 fully saturated rings. The molecule has 0 saturated heterocycles. The third-order valence-corrected chi connectivity index (χ3v) is 4.05. The molecule has 0 atom stereocenters. The number of nitrogens with one attached hydrogen (secondary N) is 2. The Morgan fingerprint density at radius 1 is 1.17 bits per heavy atom. The summed E-state index contributed by atoms with van der Waals surface area (Å²) in [6, 6.07) is 11.2. The van der Waals surface area contributed by atoms with Gasteiger partial charge in [-0.15, -0.1) is 0 Å². The highest BCUT2D eigenvalue weighted by Crippen LogP contribution is 2.35. The van der Waals surface area contributed by atoms with E-state index in [1.807, 2.05) is 42.6 Å². The Morgan fingerprint density at radius 3 is 2.87 bits per heavy atom. The van der Waals surface area contributed by atoms with Gasteiger partial charge in [0.05, 0.1) is 7.11 Å². The van der Waals surface area contributed by atoms with Crippen molar-refractivity contribution in [2.24, 2.45) is 0 Å². The van der Waals surface area contributed by atoms with E-state index in [1.54, 1.807) is 13.2 Å². The summed E-state index contributed by atoms with van der Waals surface area (Å²) in [6.45, 7) is 0. The molecule has 3 aromatic rings. The second kappa shape index (κ2) is 4.91. The number of H-pyrrole nitrogens is 1. The molecule has 5 nitrogen and oxygen atoms in total. The molecule has 0 aliphatic carbocycles. The van der Waals surface area contributed by atoms with Crippen molar-refractivity contribution in [3.63, 3.8) is 0 Å². The third-order valence-electron chi connectivity index (χ3n) is 4.05. The highest BCUT2D eigenvalue weighted by molar-refractivity contribution is 6.35. The van der Waals surface area contributed by atoms with Crippen LogP contribution in [-0.2, 0) is 4.79 Å². The van der Waals surface area contributed by atoms with Gasteiger partial charge in [0.2, 0.25) is 0 Å². The van der Waals surface area contributed by atoms with E-state index in [-0.39, 0.29) is 5.91 Å². The molecular formula is C18H15N3O2. The Balaban J connectivity index is 1.88. The van der Waals surface area contributed by atoms with Crippen LogP contribution in [0.1, 0.15) is 11.1 Å². The van der Waals surface area contributed by atoms with Crippen LogP contribution in [0, 0.1) is 0 Å². The van der Waals surface area contributed by atoms with Crippen molar-refractivity contribution in [3.8, 4) is 5.75 Å². The van der Waals surface area contributed by atoms with Crippen LogP contribution in [-0.4, -0.2) is 18.0 Å². The second-order valence-electron chi connectivity index (χ2n) is 5.47. The van der Waals surface area contributed by atoms with Gasteiger partial charge in [0.15, 0.2) is 0 Å². The monoisotopic (exact) mass is 305 g/mol. The largest absolute Gasteiger partial charge is 0.497 e. The molecule has 4 N–H and O–H groups in total. The van der Waals surface area contributed by atoms with E-state index >= 15 is 0 Å². The Hall–Kier alpha value is -3.21. The summed E-state index contributed by atoms with van der Waals surface area (Å²) in [5.74, 6) is 0.653. The Labute approximate surface area is 132 Å². The summed E-state index contributed by atoms with van der Waals surface area (Å²) < 4.78 is 5.28. The van der Waals surface area contributed by atoms with E-state index in [1.165, 1.54) is 0 Å². The summed E-state index contributed by atoms with van der Waals surface area (Å²) >= 11 is 0. The summed E-state index contributed by atoms with van der Waals surface area (Å²) in [6.07, 6.45) is 3.76. The van der Waals surface area contributed by atoms with E-state index < -0.39 is 0 Å². The van der Waals surface area contributed by atoms with Crippen molar-refractivity contribution < 1.29 is 9.53 Å². The van der Waals surface area contributed by atoms with E-state index in [0.29, 0.717) is 11.3 Å². The number of aromatic amines is 1. The molecule has 0 unspecified atom stereocenters. The molecule has 0 radical (unpaired) electrons. The first kappa shape index (κ1) is 13.5. The molecule has 0 bridgehead atoms. The number of hydrogen-bond acceptors (Lipinski definition) is 3. The fraction of sp³-hybridized carbons (Fsp3) is 0.0556. The molecule has 0 spiro atoms. The van der Waals surface area contributed by atoms with Crippen LogP contribution in [0.25, 0.3) is 22.6 Å². The quantitative estimate of drug-likeness (QED) is 0.502. The van der Waals surface area contributed by atoms with Gasteiger partial charge >= 0.3 is 0 Å². The fourth-order valence-electron chi connectivity index (χ4n) is 2.87. The molecule has 0 saturated carbocycles. The summed E-state index contributed by atoms with van der Waals surface area (Å²) in [4.78, 5) is 15.5. The maximum absolute atomic E-state index is 12.3.